The van der Waals surface area contributed by atoms with E-state index >= 15 is 0 Å². The molecule has 1 aromatic rings. The van der Waals surface area contributed by atoms with Gasteiger partial charge in [0.2, 0.25) is 0 Å². The predicted molar refractivity (Wildman–Crippen MR) is 80.1 cm³/mol. The molecule has 0 aliphatic carbocycles. The van der Waals surface area contributed by atoms with Gasteiger partial charge in [-0.05, 0) is 53.7 Å². The lowest BCUT2D eigenvalue weighted by molar-refractivity contribution is -0.0848. The fourth-order valence-electron chi connectivity index (χ4n) is 2.95. The van der Waals surface area contributed by atoms with Crippen molar-refractivity contribution >= 4 is 0 Å². The van der Waals surface area contributed by atoms with E-state index < -0.39 is 6.10 Å². The van der Waals surface area contributed by atoms with Crippen LogP contribution in [0.1, 0.15) is 58.3 Å². The molecule has 0 bridgehead atoms. The number of rotatable bonds is 3. The van der Waals surface area contributed by atoms with Crippen molar-refractivity contribution in [3.8, 4) is 5.75 Å². The monoisotopic (exact) mass is 278 g/mol. The third-order valence-corrected chi connectivity index (χ3v) is 3.88. The Hall–Kier alpha value is -1.06. The zero-order valence-corrected chi connectivity index (χ0v) is 13.4. The summed E-state index contributed by atoms with van der Waals surface area (Å²) in [5, 5.41) is 9.92. The van der Waals surface area contributed by atoms with E-state index in [0.29, 0.717) is 0 Å². The van der Waals surface area contributed by atoms with Gasteiger partial charge in [0, 0.05) is 12.0 Å². The van der Waals surface area contributed by atoms with Crippen LogP contribution >= 0.6 is 0 Å². The highest BCUT2D eigenvalue weighted by Crippen LogP contribution is 2.40. The maximum Gasteiger partial charge on any atom is 0.130 e. The van der Waals surface area contributed by atoms with Crippen LogP contribution in [-0.2, 0) is 4.74 Å². The third-order valence-electron chi connectivity index (χ3n) is 3.88. The van der Waals surface area contributed by atoms with E-state index in [0.717, 1.165) is 23.3 Å². The molecule has 0 spiro atoms. The SMILES string of the molecule is Cc1ccc(OC2CC(C)(C)OC2(C)C)c(C(C)O)c1. The molecule has 1 heterocycles. The summed E-state index contributed by atoms with van der Waals surface area (Å²) < 4.78 is 12.2. The van der Waals surface area contributed by atoms with E-state index in [2.05, 4.69) is 27.7 Å². The van der Waals surface area contributed by atoms with Crippen molar-refractivity contribution in [2.45, 2.75) is 71.4 Å². The van der Waals surface area contributed by atoms with Gasteiger partial charge in [-0.1, -0.05) is 11.6 Å². The highest BCUT2D eigenvalue weighted by molar-refractivity contribution is 5.38. The molecule has 1 aromatic carbocycles. The molecule has 112 valence electrons. The van der Waals surface area contributed by atoms with Crippen LogP contribution in [0, 0.1) is 6.92 Å². The van der Waals surface area contributed by atoms with Crippen molar-refractivity contribution in [1.29, 1.82) is 0 Å². The molecule has 0 amide bonds. The summed E-state index contributed by atoms with van der Waals surface area (Å²) >= 11 is 0. The van der Waals surface area contributed by atoms with Gasteiger partial charge in [-0.2, -0.15) is 0 Å². The molecule has 1 aliphatic rings. The minimum Gasteiger partial charge on any atom is -0.487 e. The molecule has 1 fully saturated rings. The van der Waals surface area contributed by atoms with Crippen molar-refractivity contribution in [3.05, 3.63) is 29.3 Å². The van der Waals surface area contributed by atoms with Gasteiger partial charge in [0.15, 0.2) is 0 Å². The van der Waals surface area contributed by atoms with Crippen LogP contribution in [0.5, 0.6) is 5.75 Å². The molecule has 1 N–H and O–H groups in total. The lowest BCUT2D eigenvalue weighted by Gasteiger charge is -2.28. The molecule has 2 atom stereocenters. The number of aryl methyl sites for hydroxylation is 1. The summed E-state index contributed by atoms with van der Waals surface area (Å²) in [6, 6.07) is 5.93. The van der Waals surface area contributed by atoms with Crippen molar-refractivity contribution in [3.63, 3.8) is 0 Å². The molecule has 2 rings (SSSR count). The summed E-state index contributed by atoms with van der Waals surface area (Å²) in [6.07, 6.45) is 0.286. The van der Waals surface area contributed by atoms with E-state index in [1.807, 2.05) is 25.1 Å². The highest BCUT2D eigenvalue weighted by atomic mass is 16.6. The second-order valence-corrected chi connectivity index (χ2v) is 6.99. The van der Waals surface area contributed by atoms with Crippen LogP contribution in [0.3, 0.4) is 0 Å². The Balaban J connectivity index is 2.27. The minimum absolute atomic E-state index is 0.0160. The maximum absolute atomic E-state index is 9.92. The summed E-state index contributed by atoms with van der Waals surface area (Å²) in [5.74, 6) is 0.755. The fraction of sp³-hybridized carbons (Fsp3) is 0.647. The number of aliphatic hydroxyl groups excluding tert-OH is 1. The molecule has 2 unspecified atom stereocenters. The molecule has 1 aliphatic heterocycles. The Kier molecular flexibility index (Phi) is 3.87. The van der Waals surface area contributed by atoms with Crippen LogP contribution in [-0.4, -0.2) is 22.4 Å². The Labute approximate surface area is 121 Å². The van der Waals surface area contributed by atoms with E-state index in [4.69, 9.17) is 9.47 Å². The van der Waals surface area contributed by atoms with Crippen LogP contribution in [0.2, 0.25) is 0 Å². The van der Waals surface area contributed by atoms with Gasteiger partial charge in [0.05, 0.1) is 11.7 Å². The topological polar surface area (TPSA) is 38.7 Å². The summed E-state index contributed by atoms with van der Waals surface area (Å²) in [6.45, 7) is 12.1. The quantitative estimate of drug-likeness (QED) is 0.914. The van der Waals surface area contributed by atoms with Crippen LogP contribution in [0.4, 0.5) is 0 Å². The predicted octanol–water partition coefficient (Wildman–Crippen LogP) is 3.77. The number of aliphatic hydroxyl groups is 1. The van der Waals surface area contributed by atoms with Crippen molar-refractivity contribution in [2.24, 2.45) is 0 Å². The first-order valence-corrected chi connectivity index (χ1v) is 7.26. The van der Waals surface area contributed by atoms with Crippen molar-refractivity contribution in [1.82, 2.24) is 0 Å². The molecule has 3 heteroatoms. The Morgan fingerprint density at radius 1 is 1.30 bits per heavy atom. The lowest BCUT2D eigenvalue weighted by atomic mass is 9.96. The van der Waals surface area contributed by atoms with E-state index in [1.54, 1.807) is 6.92 Å². The Morgan fingerprint density at radius 3 is 2.45 bits per heavy atom. The second kappa shape index (κ2) is 5.05. The largest absolute Gasteiger partial charge is 0.487 e. The first kappa shape index (κ1) is 15.3. The van der Waals surface area contributed by atoms with Gasteiger partial charge in [-0.25, -0.2) is 0 Å². The van der Waals surface area contributed by atoms with Gasteiger partial charge < -0.3 is 14.6 Å². The average Bonchev–Trinajstić information content (AvgIpc) is 2.48. The van der Waals surface area contributed by atoms with Crippen LogP contribution in [0.25, 0.3) is 0 Å². The molecule has 3 nitrogen and oxygen atoms in total. The average molecular weight is 278 g/mol. The van der Waals surface area contributed by atoms with Crippen LogP contribution in [0.15, 0.2) is 18.2 Å². The number of hydrogen-bond donors (Lipinski definition) is 1. The molecule has 0 saturated carbocycles. The van der Waals surface area contributed by atoms with Gasteiger partial charge in [-0.15, -0.1) is 0 Å². The minimum atomic E-state index is -0.539. The first-order valence-electron chi connectivity index (χ1n) is 7.26. The summed E-state index contributed by atoms with van der Waals surface area (Å²) in [5.41, 5.74) is 1.45. The zero-order chi connectivity index (χ0) is 15.1. The third kappa shape index (κ3) is 3.15. The van der Waals surface area contributed by atoms with Crippen molar-refractivity contribution in [2.75, 3.05) is 0 Å². The van der Waals surface area contributed by atoms with E-state index in [1.165, 1.54) is 0 Å². The summed E-state index contributed by atoms with van der Waals surface area (Å²) in [7, 11) is 0. The zero-order valence-electron chi connectivity index (χ0n) is 13.4. The second-order valence-electron chi connectivity index (χ2n) is 6.99. The van der Waals surface area contributed by atoms with Gasteiger partial charge >= 0.3 is 0 Å². The highest BCUT2D eigenvalue weighted by Gasteiger charge is 2.47. The number of ether oxygens (including phenoxy) is 2. The summed E-state index contributed by atoms with van der Waals surface area (Å²) in [4.78, 5) is 0. The normalized spacial score (nSPS) is 25.4. The van der Waals surface area contributed by atoms with Gasteiger partial charge in [-0.3, -0.25) is 0 Å². The Bertz CT molecular complexity index is 489. The molecular formula is C17H26O3. The van der Waals surface area contributed by atoms with Crippen molar-refractivity contribution < 1.29 is 14.6 Å². The lowest BCUT2D eigenvalue weighted by Crippen LogP contribution is -2.37. The fourth-order valence-corrected chi connectivity index (χ4v) is 2.95. The standard InChI is InChI=1S/C17H26O3/c1-11-7-8-14(13(9-11)12(2)18)19-15-10-16(3,4)20-17(15,5)6/h7-9,12,15,18H,10H2,1-6H3. The van der Waals surface area contributed by atoms with Crippen LogP contribution < -0.4 is 4.74 Å². The maximum atomic E-state index is 9.92. The smallest absolute Gasteiger partial charge is 0.130 e. The number of benzene rings is 1. The number of hydrogen-bond acceptors (Lipinski definition) is 3. The molecule has 1 saturated heterocycles. The van der Waals surface area contributed by atoms with Gasteiger partial charge in [0.25, 0.3) is 0 Å². The molecule has 0 aromatic heterocycles. The van der Waals surface area contributed by atoms with Gasteiger partial charge in [0.1, 0.15) is 17.5 Å². The Morgan fingerprint density at radius 2 is 1.95 bits per heavy atom. The molecule has 20 heavy (non-hydrogen) atoms. The first-order chi connectivity index (χ1) is 9.11. The van der Waals surface area contributed by atoms with E-state index in [9.17, 15) is 5.11 Å². The molecule has 0 radical (unpaired) electrons. The van der Waals surface area contributed by atoms with E-state index in [-0.39, 0.29) is 17.3 Å². The molecular weight excluding hydrogens is 252 g/mol.